The van der Waals surface area contributed by atoms with Crippen LogP contribution in [0.5, 0.6) is 0 Å². The second-order valence-electron chi connectivity index (χ2n) is 3.85. The predicted octanol–water partition coefficient (Wildman–Crippen LogP) is 3.24. The summed E-state index contributed by atoms with van der Waals surface area (Å²) in [5.74, 6) is -1.91. The Labute approximate surface area is 98.3 Å². The molecule has 0 saturated carbocycles. The molecule has 3 heteroatoms. The average molecular weight is 234 g/mol. The van der Waals surface area contributed by atoms with Crippen molar-refractivity contribution >= 4 is 0 Å². The van der Waals surface area contributed by atoms with E-state index in [4.69, 9.17) is 0 Å². The molecule has 88 valence electrons. The zero-order valence-corrected chi connectivity index (χ0v) is 9.11. The van der Waals surface area contributed by atoms with Gasteiger partial charge in [0.15, 0.2) is 11.6 Å². The summed E-state index contributed by atoms with van der Waals surface area (Å²) in [5.41, 5.74) is 0.873. The monoisotopic (exact) mass is 234 g/mol. The molecule has 0 saturated heterocycles. The lowest BCUT2D eigenvalue weighted by Crippen LogP contribution is -2.05. The number of aliphatic hydroxyl groups excluding tert-OH is 1. The Morgan fingerprint density at radius 3 is 2.35 bits per heavy atom. The Hall–Kier alpha value is -1.74. The van der Waals surface area contributed by atoms with E-state index in [1.807, 2.05) is 30.3 Å². The van der Waals surface area contributed by atoms with E-state index >= 15 is 0 Å². The number of aliphatic hydroxyl groups is 1. The SMILES string of the molecule is OC(Cc1ccccc1)c1cccc(F)c1F. The van der Waals surface area contributed by atoms with Gasteiger partial charge in [0, 0.05) is 12.0 Å². The predicted molar refractivity (Wildman–Crippen MR) is 61.5 cm³/mol. The summed E-state index contributed by atoms with van der Waals surface area (Å²) in [5, 5.41) is 9.87. The van der Waals surface area contributed by atoms with Crippen LogP contribution in [-0.2, 0) is 6.42 Å². The molecule has 0 spiro atoms. The molecular formula is C14H12F2O. The third-order valence-electron chi connectivity index (χ3n) is 2.61. The highest BCUT2D eigenvalue weighted by Gasteiger charge is 2.15. The van der Waals surface area contributed by atoms with Crippen molar-refractivity contribution in [3.05, 3.63) is 71.3 Å². The first-order chi connectivity index (χ1) is 8.18. The summed E-state index contributed by atoms with van der Waals surface area (Å²) in [6.07, 6.45) is -0.769. The van der Waals surface area contributed by atoms with Gasteiger partial charge in [-0.1, -0.05) is 42.5 Å². The van der Waals surface area contributed by atoms with E-state index in [0.717, 1.165) is 11.6 Å². The van der Waals surface area contributed by atoms with Crippen molar-refractivity contribution in [3.8, 4) is 0 Å². The quantitative estimate of drug-likeness (QED) is 0.864. The van der Waals surface area contributed by atoms with Crippen LogP contribution in [0.15, 0.2) is 48.5 Å². The first-order valence-corrected chi connectivity index (χ1v) is 5.34. The van der Waals surface area contributed by atoms with Crippen molar-refractivity contribution in [1.82, 2.24) is 0 Å². The Kier molecular flexibility index (Phi) is 3.49. The van der Waals surface area contributed by atoms with Gasteiger partial charge in [-0.05, 0) is 11.6 Å². The Morgan fingerprint density at radius 2 is 1.65 bits per heavy atom. The van der Waals surface area contributed by atoms with E-state index < -0.39 is 17.7 Å². The lowest BCUT2D eigenvalue weighted by Gasteiger charge is -2.12. The van der Waals surface area contributed by atoms with Crippen molar-refractivity contribution < 1.29 is 13.9 Å². The molecule has 2 aromatic rings. The largest absolute Gasteiger partial charge is 0.388 e. The fourth-order valence-electron chi connectivity index (χ4n) is 1.73. The summed E-state index contributed by atoms with van der Waals surface area (Å²) in [4.78, 5) is 0. The van der Waals surface area contributed by atoms with Crippen LogP contribution in [0, 0.1) is 11.6 Å². The molecule has 2 rings (SSSR count). The lowest BCUT2D eigenvalue weighted by molar-refractivity contribution is 0.172. The molecule has 0 aliphatic heterocycles. The summed E-state index contributed by atoms with van der Waals surface area (Å²) in [6, 6.07) is 13.0. The van der Waals surface area contributed by atoms with E-state index in [2.05, 4.69) is 0 Å². The standard InChI is InChI=1S/C14H12F2O/c15-12-8-4-7-11(14(12)16)13(17)9-10-5-2-1-3-6-10/h1-8,13,17H,9H2. The molecule has 0 amide bonds. The van der Waals surface area contributed by atoms with Crippen molar-refractivity contribution in [2.45, 2.75) is 12.5 Å². The molecule has 1 N–H and O–H groups in total. The molecule has 0 aliphatic carbocycles. The summed E-state index contributed by atoms with van der Waals surface area (Å²) in [6.45, 7) is 0. The second kappa shape index (κ2) is 5.06. The molecule has 0 heterocycles. The number of halogens is 2. The maximum absolute atomic E-state index is 13.4. The third kappa shape index (κ3) is 2.68. The highest BCUT2D eigenvalue weighted by molar-refractivity contribution is 5.24. The first-order valence-electron chi connectivity index (χ1n) is 5.34. The normalized spacial score (nSPS) is 12.4. The minimum Gasteiger partial charge on any atom is -0.388 e. The van der Waals surface area contributed by atoms with Gasteiger partial charge in [-0.2, -0.15) is 0 Å². The van der Waals surface area contributed by atoms with Crippen LogP contribution in [0.2, 0.25) is 0 Å². The highest BCUT2D eigenvalue weighted by atomic mass is 19.2. The Bertz CT molecular complexity index is 497. The molecule has 1 nitrogen and oxygen atoms in total. The van der Waals surface area contributed by atoms with Crippen LogP contribution in [-0.4, -0.2) is 5.11 Å². The molecule has 17 heavy (non-hydrogen) atoms. The van der Waals surface area contributed by atoms with Gasteiger partial charge in [-0.3, -0.25) is 0 Å². The average Bonchev–Trinajstić information content (AvgIpc) is 2.34. The van der Waals surface area contributed by atoms with Crippen molar-refractivity contribution in [2.75, 3.05) is 0 Å². The van der Waals surface area contributed by atoms with Crippen LogP contribution in [0.4, 0.5) is 8.78 Å². The molecular weight excluding hydrogens is 222 g/mol. The minimum atomic E-state index is -1.03. The van der Waals surface area contributed by atoms with E-state index in [-0.39, 0.29) is 12.0 Å². The van der Waals surface area contributed by atoms with E-state index in [9.17, 15) is 13.9 Å². The summed E-state index contributed by atoms with van der Waals surface area (Å²) < 4.78 is 26.4. The Balaban J connectivity index is 2.20. The molecule has 0 aromatic heterocycles. The Morgan fingerprint density at radius 1 is 0.941 bits per heavy atom. The number of hydrogen-bond donors (Lipinski definition) is 1. The van der Waals surface area contributed by atoms with E-state index in [0.29, 0.717) is 0 Å². The third-order valence-corrected chi connectivity index (χ3v) is 2.61. The summed E-state index contributed by atoms with van der Waals surface area (Å²) in [7, 11) is 0. The zero-order chi connectivity index (χ0) is 12.3. The van der Waals surface area contributed by atoms with E-state index in [1.165, 1.54) is 12.1 Å². The first kappa shape index (κ1) is 11.7. The lowest BCUT2D eigenvalue weighted by atomic mass is 10.0. The van der Waals surface area contributed by atoms with Gasteiger partial charge in [-0.15, -0.1) is 0 Å². The fourth-order valence-corrected chi connectivity index (χ4v) is 1.73. The van der Waals surface area contributed by atoms with Gasteiger partial charge in [-0.25, -0.2) is 8.78 Å². The van der Waals surface area contributed by atoms with Crippen molar-refractivity contribution in [1.29, 1.82) is 0 Å². The van der Waals surface area contributed by atoms with Gasteiger partial charge in [0.25, 0.3) is 0 Å². The topological polar surface area (TPSA) is 20.2 Å². The maximum atomic E-state index is 13.4. The van der Waals surface area contributed by atoms with Gasteiger partial charge < -0.3 is 5.11 Å². The van der Waals surface area contributed by atoms with Gasteiger partial charge >= 0.3 is 0 Å². The van der Waals surface area contributed by atoms with Crippen LogP contribution in [0.1, 0.15) is 17.2 Å². The molecule has 1 unspecified atom stereocenters. The van der Waals surface area contributed by atoms with Crippen LogP contribution < -0.4 is 0 Å². The second-order valence-corrected chi connectivity index (χ2v) is 3.85. The van der Waals surface area contributed by atoms with Gasteiger partial charge in [0.2, 0.25) is 0 Å². The minimum absolute atomic E-state index is 0.00569. The molecule has 0 aliphatic rings. The molecule has 1 atom stereocenters. The van der Waals surface area contributed by atoms with Crippen LogP contribution in [0.3, 0.4) is 0 Å². The van der Waals surface area contributed by atoms with Crippen molar-refractivity contribution in [2.24, 2.45) is 0 Å². The van der Waals surface area contributed by atoms with Gasteiger partial charge in [0.05, 0.1) is 6.10 Å². The summed E-state index contributed by atoms with van der Waals surface area (Å²) >= 11 is 0. The number of hydrogen-bond acceptors (Lipinski definition) is 1. The van der Waals surface area contributed by atoms with Gasteiger partial charge in [0.1, 0.15) is 0 Å². The molecule has 2 aromatic carbocycles. The molecule has 0 bridgehead atoms. The maximum Gasteiger partial charge on any atom is 0.164 e. The van der Waals surface area contributed by atoms with Crippen LogP contribution in [0.25, 0.3) is 0 Å². The number of rotatable bonds is 3. The fraction of sp³-hybridized carbons (Fsp3) is 0.143. The number of benzene rings is 2. The van der Waals surface area contributed by atoms with Crippen molar-refractivity contribution in [3.63, 3.8) is 0 Å². The zero-order valence-electron chi connectivity index (χ0n) is 9.11. The van der Waals surface area contributed by atoms with E-state index in [1.54, 1.807) is 0 Å². The smallest absolute Gasteiger partial charge is 0.164 e. The molecule has 0 radical (unpaired) electrons. The highest BCUT2D eigenvalue weighted by Crippen LogP contribution is 2.22. The van der Waals surface area contributed by atoms with Crippen LogP contribution >= 0.6 is 0 Å². The molecule has 0 fully saturated rings.